The van der Waals surface area contributed by atoms with Crippen LogP contribution < -0.4 is 5.32 Å². The van der Waals surface area contributed by atoms with Crippen LogP contribution in [0.2, 0.25) is 0 Å². The van der Waals surface area contributed by atoms with E-state index in [9.17, 15) is 9.90 Å². The first-order valence-corrected chi connectivity index (χ1v) is 6.18. The third-order valence-electron chi connectivity index (χ3n) is 3.79. The van der Waals surface area contributed by atoms with Gasteiger partial charge in [0.2, 0.25) is 0 Å². The van der Waals surface area contributed by atoms with Crippen molar-refractivity contribution >= 4 is 11.7 Å². The summed E-state index contributed by atoms with van der Waals surface area (Å²) in [7, 11) is 0. The normalized spacial score (nSPS) is 17.3. The number of carbonyl (C=O) groups is 1. The van der Waals surface area contributed by atoms with Crippen LogP contribution in [-0.4, -0.2) is 16.6 Å². The molecule has 0 bridgehead atoms. The molecule has 0 atom stereocenters. The standard InChI is InChI=1S/C14H19NO2/c1-3-14(7-4-8-14)15-12-9-10(2)5-6-11(12)13(16)17/h5-6,9,15H,3-4,7-8H2,1-2H3,(H,16,17). The van der Waals surface area contributed by atoms with Gasteiger partial charge in [-0.15, -0.1) is 0 Å². The van der Waals surface area contributed by atoms with Crippen LogP contribution in [0.25, 0.3) is 0 Å². The highest BCUT2D eigenvalue weighted by Gasteiger charge is 2.35. The molecule has 0 unspecified atom stereocenters. The minimum absolute atomic E-state index is 0.123. The van der Waals surface area contributed by atoms with E-state index in [1.54, 1.807) is 6.07 Å². The molecule has 2 N–H and O–H groups in total. The van der Waals surface area contributed by atoms with Gasteiger partial charge in [0.15, 0.2) is 0 Å². The van der Waals surface area contributed by atoms with Crippen molar-refractivity contribution in [3.05, 3.63) is 29.3 Å². The maximum absolute atomic E-state index is 11.2. The largest absolute Gasteiger partial charge is 0.478 e. The average molecular weight is 233 g/mol. The molecule has 1 aliphatic carbocycles. The molecule has 0 amide bonds. The van der Waals surface area contributed by atoms with Crippen LogP contribution in [0.15, 0.2) is 18.2 Å². The molecule has 17 heavy (non-hydrogen) atoms. The van der Waals surface area contributed by atoms with E-state index >= 15 is 0 Å². The summed E-state index contributed by atoms with van der Waals surface area (Å²) in [6, 6.07) is 5.45. The SMILES string of the molecule is CCC1(Nc2cc(C)ccc2C(=O)O)CCC1. The monoisotopic (exact) mass is 233 g/mol. The van der Waals surface area contributed by atoms with Gasteiger partial charge in [-0.05, 0) is 50.3 Å². The molecule has 0 aromatic heterocycles. The summed E-state index contributed by atoms with van der Waals surface area (Å²) in [5, 5.41) is 12.6. The van der Waals surface area contributed by atoms with Crippen molar-refractivity contribution in [2.45, 2.75) is 45.1 Å². The highest BCUT2D eigenvalue weighted by molar-refractivity contribution is 5.94. The number of carboxylic acid groups (broad SMARTS) is 1. The summed E-state index contributed by atoms with van der Waals surface area (Å²) < 4.78 is 0. The molecule has 1 fully saturated rings. The smallest absolute Gasteiger partial charge is 0.337 e. The number of rotatable bonds is 4. The van der Waals surface area contributed by atoms with Gasteiger partial charge in [0, 0.05) is 11.2 Å². The second-order valence-corrected chi connectivity index (χ2v) is 4.97. The van der Waals surface area contributed by atoms with Crippen molar-refractivity contribution in [1.82, 2.24) is 0 Å². The summed E-state index contributed by atoms with van der Waals surface area (Å²) in [5.41, 5.74) is 2.34. The van der Waals surface area contributed by atoms with Gasteiger partial charge in [-0.25, -0.2) is 4.79 Å². The van der Waals surface area contributed by atoms with E-state index in [0.29, 0.717) is 5.56 Å². The van der Waals surface area contributed by atoms with Gasteiger partial charge < -0.3 is 10.4 Å². The summed E-state index contributed by atoms with van der Waals surface area (Å²) >= 11 is 0. The van der Waals surface area contributed by atoms with Crippen LogP contribution in [0.5, 0.6) is 0 Å². The number of hydrogen-bond donors (Lipinski definition) is 2. The predicted octanol–water partition coefficient (Wildman–Crippen LogP) is 3.44. The fourth-order valence-electron chi connectivity index (χ4n) is 2.40. The Bertz CT molecular complexity index is 430. The second-order valence-electron chi connectivity index (χ2n) is 4.97. The van der Waals surface area contributed by atoms with Gasteiger partial charge in [-0.1, -0.05) is 13.0 Å². The molecule has 1 aromatic carbocycles. The molecule has 3 nitrogen and oxygen atoms in total. The zero-order chi connectivity index (χ0) is 12.5. The highest BCUT2D eigenvalue weighted by Crippen LogP contribution is 2.38. The van der Waals surface area contributed by atoms with E-state index in [1.807, 2.05) is 19.1 Å². The molecule has 3 heteroatoms. The number of nitrogens with one attached hydrogen (secondary N) is 1. The zero-order valence-electron chi connectivity index (χ0n) is 10.4. The first-order chi connectivity index (χ1) is 8.06. The second kappa shape index (κ2) is 4.40. The molecule has 92 valence electrons. The number of carboxylic acids is 1. The van der Waals surface area contributed by atoms with E-state index < -0.39 is 5.97 Å². The molecule has 2 rings (SSSR count). The number of hydrogen-bond acceptors (Lipinski definition) is 2. The Morgan fingerprint density at radius 3 is 2.65 bits per heavy atom. The van der Waals surface area contributed by atoms with Crippen molar-refractivity contribution in [1.29, 1.82) is 0 Å². The lowest BCUT2D eigenvalue weighted by Gasteiger charge is -2.43. The quantitative estimate of drug-likeness (QED) is 0.837. The van der Waals surface area contributed by atoms with Crippen LogP contribution in [0, 0.1) is 6.92 Å². The summed E-state index contributed by atoms with van der Waals surface area (Å²) in [6.07, 6.45) is 4.54. The third kappa shape index (κ3) is 2.28. The van der Waals surface area contributed by atoms with Crippen LogP contribution in [-0.2, 0) is 0 Å². The number of benzene rings is 1. The Balaban J connectivity index is 2.30. The van der Waals surface area contributed by atoms with Gasteiger partial charge in [-0.2, -0.15) is 0 Å². The third-order valence-corrected chi connectivity index (χ3v) is 3.79. The number of aromatic carboxylic acids is 1. The topological polar surface area (TPSA) is 49.3 Å². The van der Waals surface area contributed by atoms with Crippen LogP contribution in [0.3, 0.4) is 0 Å². The maximum Gasteiger partial charge on any atom is 0.337 e. The van der Waals surface area contributed by atoms with Crippen LogP contribution >= 0.6 is 0 Å². The molecule has 0 saturated heterocycles. The van der Waals surface area contributed by atoms with Crippen molar-refractivity contribution in [2.24, 2.45) is 0 Å². The Morgan fingerprint density at radius 1 is 1.47 bits per heavy atom. The molecular weight excluding hydrogens is 214 g/mol. The van der Waals surface area contributed by atoms with Gasteiger partial charge in [0.05, 0.1) is 5.56 Å². The van der Waals surface area contributed by atoms with Crippen molar-refractivity contribution in [3.8, 4) is 0 Å². The molecule has 1 aromatic rings. The lowest BCUT2D eigenvalue weighted by molar-refractivity contribution is 0.0697. The molecule has 0 aliphatic heterocycles. The van der Waals surface area contributed by atoms with Crippen LogP contribution in [0.1, 0.15) is 48.5 Å². The minimum atomic E-state index is -0.863. The fraction of sp³-hybridized carbons (Fsp3) is 0.500. The average Bonchev–Trinajstić information content (AvgIpc) is 2.23. The van der Waals surface area contributed by atoms with E-state index in [4.69, 9.17) is 0 Å². The van der Waals surface area contributed by atoms with Crippen molar-refractivity contribution in [2.75, 3.05) is 5.32 Å². The molecule has 1 saturated carbocycles. The number of anilines is 1. The van der Waals surface area contributed by atoms with E-state index in [0.717, 1.165) is 30.5 Å². The van der Waals surface area contributed by atoms with E-state index in [1.165, 1.54) is 6.42 Å². The van der Waals surface area contributed by atoms with Gasteiger partial charge in [0.1, 0.15) is 0 Å². The highest BCUT2D eigenvalue weighted by atomic mass is 16.4. The Morgan fingerprint density at radius 2 is 2.18 bits per heavy atom. The Labute approximate surface area is 102 Å². The maximum atomic E-state index is 11.2. The minimum Gasteiger partial charge on any atom is -0.478 e. The first-order valence-electron chi connectivity index (χ1n) is 6.18. The lowest BCUT2D eigenvalue weighted by atomic mass is 9.74. The van der Waals surface area contributed by atoms with Crippen molar-refractivity contribution < 1.29 is 9.90 Å². The summed E-state index contributed by atoms with van der Waals surface area (Å²) in [5.74, 6) is -0.863. The lowest BCUT2D eigenvalue weighted by Crippen LogP contribution is -2.44. The van der Waals surface area contributed by atoms with Gasteiger partial charge >= 0.3 is 5.97 Å². The first kappa shape index (κ1) is 12.0. The Kier molecular flexibility index (Phi) is 3.09. The molecule has 0 spiro atoms. The summed E-state index contributed by atoms with van der Waals surface area (Å²) in [4.78, 5) is 11.2. The van der Waals surface area contributed by atoms with Crippen LogP contribution in [0.4, 0.5) is 5.69 Å². The van der Waals surface area contributed by atoms with E-state index in [2.05, 4.69) is 12.2 Å². The molecule has 0 heterocycles. The molecular formula is C14H19NO2. The molecule has 0 radical (unpaired) electrons. The van der Waals surface area contributed by atoms with Crippen molar-refractivity contribution in [3.63, 3.8) is 0 Å². The molecule has 1 aliphatic rings. The Hall–Kier alpha value is -1.51. The van der Waals surface area contributed by atoms with Gasteiger partial charge in [0.25, 0.3) is 0 Å². The fourth-order valence-corrected chi connectivity index (χ4v) is 2.40. The van der Waals surface area contributed by atoms with E-state index in [-0.39, 0.29) is 5.54 Å². The number of aryl methyl sites for hydroxylation is 1. The predicted molar refractivity (Wildman–Crippen MR) is 68.6 cm³/mol. The summed E-state index contributed by atoms with van der Waals surface area (Å²) in [6.45, 7) is 4.14. The van der Waals surface area contributed by atoms with Gasteiger partial charge in [-0.3, -0.25) is 0 Å². The zero-order valence-corrected chi connectivity index (χ0v) is 10.4.